The molecule has 0 saturated heterocycles. The molecule has 1 amide bonds. The maximum Gasteiger partial charge on any atom is 0.263 e. The van der Waals surface area contributed by atoms with Gasteiger partial charge in [-0.15, -0.1) is 11.3 Å². The fourth-order valence-electron chi connectivity index (χ4n) is 0.764. The first-order valence-electron chi connectivity index (χ1n) is 4.38. The van der Waals surface area contributed by atoms with Crippen LogP contribution >= 0.6 is 11.3 Å². The standard InChI is InChI=1S/C8H11NOS.C2H6/c1-6-4-7(11-5-6)8(10)9(2)3;1-2/h4-5H,1-3H3;1-2H3. The van der Waals surface area contributed by atoms with Crippen molar-refractivity contribution >= 4 is 17.2 Å². The molecule has 2 nitrogen and oxygen atoms in total. The number of amides is 1. The molecule has 13 heavy (non-hydrogen) atoms. The molecule has 1 heterocycles. The second kappa shape index (κ2) is 5.75. The van der Waals surface area contributed by atoms with Gasteiger partial charge in [-0.25, -0.2) is 0 Å². The normalized spacial score (nSPS) is 8.69. The predicted octanol–water partition coefficient (Wildman–Crippen LogP) is 2.78. The third kappa shape index (κ3) is 3.59. The monoisotopic (exact) mass is 199 g/mol. The Bertz CT molecular complexity index is 266. The fourth-order valence-corrected chi connectivity index (χ4v) is 1.68. The fraction of sp³-hybridized carbons (Fsp3) is 0.500. The molecule has 3 heteroatoms. The lowest BCUT2D eigenvalue weighted by Crippen LogP contribution is -2.20. The Morgan fingerprint density at radius 2 is 1.92 bits per heavy atom. The van der Waals surface area contributed by atoms with Crippen LogP contribution in [-0.4, -0.2) is 24.9 Å². The summed E-state index contributed by atoms with van der Waals surface area (Å²) in [6, 6.07) is 1.91. The molecule has 0 atom stereocenters. The molecule has 1 rings (SSSR count). The summed E-state index contributed by atoms with van der Waals surface area (Å²) >= 11 is 1.49. The zero-order valence-corrected chi connectivity index (χ0v) is 9.73. The molecule has 0 unspecified atom stereocenters. The summed E-state index contributed by atoms with van der Waals surface area (Å²) in [7, 11) is 3.52. The van der Waals surface area contributed by atoms with Gasteiger partial charge < -0.3 is 4.90 Å². The van der Waals surface area contributed by atoms with E-state index in [1.807, 2.05) is 32.2 Å². The van der Waals surface area contributed by atoms with Crippen LogP contribution in [0.25, 0.3) is 0 Å². The van der Waals surface area contributed by atoms with Crippen LogP contribution in [0, 0.1) is 6.92 Å². The van der Waals surface area contributed by atoms with Crippen LogP contribution in [0.2, 0.25) is 0 Å². The summed E-state index contributed by atoms with van der Waals surface area (Å²) in [5, 5.41) is 1.98. The van der Waals surface area contributed by atoms with E-state index in [0.717, 1.165) is 10.4 Å². The Labute approximate surface area is 84.2 Å². The van der Waals surface area contributed by atoms with Crippen molar-refractivity contribution in [2.75, 3.05) is 14.1 Å². The molecule has 74 valence electrons. The maximum absolute atomic E-state index is 11.3. The maximum atomic E-state index is 11.3. The summed E-state index contributed by atoms with van der Waals surface area (Å²) in [5.74, 6) is 0.0862. The highest BCUT2D eigenvalue weighted by Gasteiger charge is 2.08. The van der Waals surface area contributed by atoms with Gasteiger partial charge in [-0.1, -0.05) is 13.8 Å². The van der Waals surface area contributed by atoms with E-state index in [1.54, 1.807) is 19.0 Å². The van der Waals surface area contributed by atoms with E-state index in [9.17, 15) is 4.79 Å². The topological polar surface area (TPSA) is 20.3 Å². The minimum atomic E-state index is 0.0862. The van der Waals surface area contributed by atoms with E-state index in [4.69, 9.17) is 0 Å². The van der Waals surface area contributed by atoms with Crippen molar-refractivity contribution in [1.82, 2.24) is 4.90 Å². The van der Waals surface area contributed by atoms with Gasteiger partial charge >= 0.3 is 0 Å². The van der Waals surface area contributed by atoms with E-state index < -0.39 is 0 Å². The predicted molar refractivity (Wildman–Crippen MR) is 58.4 cm³/mol. The zero-order chi connectivity index (χ0) is 10.4. The molecule has 0 aromatic carbocycles. The Morgan fingerprint density at radius 1 is 1.38 bits per heavy atom. The second-order valence-corrected chi connectivity index (χ2v) is 3.60. The molecule has 1 aromatic heterocycles. The Balaban J connectivity index is 0.000000671. The number of aryl methyl sites for hydroxylation is 1. The summed E-state index contributed by atoms with van der Waals surface area (Å²) in [5.41, 5.74) is 1.15. The highest BCUT2D eigenvalue weighted by Crippen LogP contribution is 2.14. The van der Waals surface area contributed by atoms with Crippen LogP contribution in [-0.2, 0) is 0 Å². The second-order valence-electron chi connectivity index (χ2n) is 2.69. The van der Waals surface area contributed by atoms with Gasteiger partial charge in [-0.2, -0.15) is 0 Å². The molecule has 0 aliphatic rings. The van der Waals surface area contributed by atoms with Crippen molar-refractivity contribution in [1.29, 1.82) is 0 Å². The van der Waals surface area contributed by atoms with Crippen molar-refractivity contribution in [3.63, 3.8) is 0 Å². The van der Waals surface area contributed by atoms with Gasteiger partial charge in [0, 0.05) is 14.1 Å². The van der Waals surface area contributed by atoms with E-state index >= 15 is 0 Å². The molecule has 0 radical (unpaired) electrons. The highest BCUT2D eigenvalue weighted by molar-refractivity contribution is 7.12. The lowest BCUT2D eigenvalue weighted by atomic mass is 10.3. The van der Waals surface area contributed by atoms with Gasteiger partial charge in [-0.3, -0.25) is 4.79 Å². The van der Waals surface area contributed by atoms with Gasteiger partial charge in [0.1, 0.15) is 0 Å². The summed E-state index contributed by atoms with van der Waals surface area (Å²) in [6.07, 6.45) is 0. The number of rotatable bonds is 1. The first-order valence-corrected chi connectivity index (χ1v) is 5.26. The SMILES string of the molecule is CC.Cc1csc(C(=O)N(C)C)c1. The number of carbonyl (C=O) groups is 1. The number of carbonyl (C=O) groups excluding carboxylic acids is 1. The lowest BCUT2D eigenvalue weighted by molar-refractivity contribution is 0.0832. The van der Waals surface area contributed by atoms with E-state index in [-0.39, 0.29) is 5.91 Å². The summed E-state index contributed by atoms with van der Waals surface area (Å²) in [6.45, 7) is 5.99. The Hall–Kier alpha value is -0.830. The van der Waals surface area contributed by atoms with Crippen molar-refractivity contribution < 1.29 is 4.79 Å². The van der Waals surface area contributed by atoms with E-state index in [2.05, 4.69) is 0 Å². The molecular weight excluding hydrogens is 182 g/mol. The molecule has 0 fully saturated rings. The van der Waals surface area contributed by atoms with Crippen LogP contribution in [0.4, 0.5) is 0 Å². The number of nitrogens with zero attached hydrogens (tertiary/aromatic N) is 1. The van der Waals surface area contributed by atoms with E-state index in [0.29, 0.717) is 0 Å². The van der Waals surface area contributed by atoms with Crippen LogP contribution in [0.5, 0.6) is 0 Å². The zero-order valence-electron chi connectivity index (χ0n) is 8.92. The third-order valence-electron chi connectivity index (χ3n) is 1.35. The number of hydrogen-bond donors (Lipinski definition) is 0. The molecule has 0 aliphatic carbocycles. The largest absolute Gasteiger partial charge is 0.344 e. The van der Waals surface area contributed by atoms with Crippen molar-refractivity contribution in [3.8, 4) is 0 Å². The average molecular weight is 199 g/mol. The van der Waals surface area contributed by atoms with Crippen molar-refractivity contribution in [3.05, 3.63) is 21.9 Å². The molecule has 0 saturated carbocycles. The number of thiophene rings is 1. The smallest absolute Gasteiger partial charge is 0.263 e. The van der Waals surface area contributed by atoms with Crippen LogP contribution < -0.4 is 0 Å². The first kappa shape index (κ1) is 12.2. The highest BCUT2D eigenvalue weighted by atomic mass is 32.1. The average Bonchev–Trinajstić information content (AvgIpc) is 2.54. The van der Waals surface area contributed by atoms with Crippen molar-refractivity contribution in [2.45, 2.75) is 20.8 Å². The molecular formula is C10H17NOS. The van der Waals surface area contributed by atoms with Crippen LogP contribution in [0.15, 0.2) is 11.4 Å². The molecule has 0 aliphatic heterocycles. The molecule has 1 aromatic rings. The quantitative estimate of drug-likeness (QED) is 0.681. The van der Waals surface area contributed by atoms with Gasteiger partial charge in [0.05, 0.1) is 4.88 Å². The van der Waals surface area contributed by atoms with Crippen molar-refractivity contribution in [2.24, 2.45) is 0 Å². The van der Waals surface area contributed by atoms with E-state index in [1.165, 1.54) is 11.3 Å². The minimum Gasteiger partial charge on any atom is -0.344 e. The van der Waals surface area contributed by atoms with Gasteiger partial charge in [-0.05, 0) is 23.9 Å². The van der Waals surface area contributed by atoms with Gasteiger partial charge in [0.25, 0.3) is 5.91 Å². The minimum absolute atomic E-state index is 0.0862. The van der Waals surface area contributed by atoms with Crippen LogP contribution in [0.3, 0.4) is 0 Å². The van der Waals surface area contributed by atoms with Gasteiger partial charge in [0.15, 0.2) is 0 Å². The Kier molecular flexibility index (Phi) is 5.39. The lowest BCUT2D eigenvalue weighted by Gasteiger charge is -2.06. The van der Waals surface area contributed by atoms with Crippen LogP contribution in [0.1, 0.15) is 29.1 Å². The summed E-state index contributed by atoms with van der Waals surface area (Å²) < 4.78 is 0. The third-order valence-corrected chi connectivity index (χ3v) is 2.38. The van der Waals surface area contributed by atoms with Gasteiger partial charge in [0.2, 0.25) is 0 Å². The molecule has 0 spiro atoms. The summed E-state index contributed by atoms with van der Waals surface area (Å²) in [4.78, 5) is 13.7. The molecule has 0 bridgehead atoms. The number of hydrogen-bond acceptors (Lipinski definition) is 2. The Morgan fingerprint density at radius 3 is 2.23 bits per heavy atom. The molecule has 0 N–H and O–H groups in total. The first-order chi connectivity index (χ1) is 6.11.